The van der Waals surface area contributed by atoms with Crippen molar-refractivity contribution in [2.24, 2.45) is 34.6 Å². The third-order valence-electron chi connectivity index (χ3n) is 7.26. The van der Waals surface area contributed by atoms with Gasteiger partial charge in [0.05, 0.1) is 0 Å². The van der Waals surface area contributed by atoms with E-state index in [4.69, 9.17) is 4.99 Å². The van der Waals surface area contributed by atoms with Crippen LogP contribution in [0.3, 0.4) is 0 Å². The van der Waals surface area contributed by atoms with Gasteiger partial charge in [0.2, 0.25) is 5.91 Å². The summed E-state index contributed by atoms with van der Waals surface area (Å²) < 4.78 is 0. The fourth-order valence-corrected chi connectivity index (χ4v) is 5.79. The van der Waals surface area contributed by atoms with Crippen molar-refractivity contribution < 1.29 is 4.79 Å². The summed E-state index contributed by atoms with van der Waals surface area (Å²) in [6.07, 6.45) is 5.21. The lowest BCUT2D eigenvalue weighted by atomic mass is 9.59. The van der Waals surface area contributed by atoms with Gasteiger partial charge in [0.25, 0.3) is 0 Å². The highest BCUT2D eigenvalue weighted by Crippen LogP contribution is 2.53. The van der Waals surface area contributed by atoms with Crippen LogP contribution in [0.1, 0.15) is 46.1 Å². The van der Waals surface area contributed by atoms with Crippen molar-refractivity contribution in [3.63, 3.8) is 0 Å². The zero-order chi connectivity index (χ0) is 20.6. The molecule has 4 bridgehead atoms. The third kappa shape index (κ3) is 3.88. The molecule has 1 aromatic carbocycles. The highest BCUT2D eigenvalue weighted by molar-refractivity contribution is 5.91. The predicted octanol–water partition coefficient (Wildman–Crippen LogP) is 3.81. The van der Waals surface area contributed by atoms with Gasteiger partial charge in [0, 0.05) is 37.2 Å². The Morgan fingerprint density at radius 1 is 1.21 bits per heavy atom. The van der Waals surface area contributed by atoms with Crippen LogP contribution in [-0.4, -0.2) is 48.2 Å². The zero-order valence-corrected chi connectivity index (χ0v) is 18.5. The van der Waals surface area contributed by atoms with Crippen LogP contribution < -0.4 is 5.32 Å². The first-order chi connectivity index (χ1) is 13.9. The number of aliphatic imine (C=N–C) groups is 1. The van der Waals surface area contributed by atoms with E-state index in [2.05, 4.69) is 74.5 Å². The van der Waals surface area contributed by atoms with Gasteiger partial charge in [-0.3, -0.25) is 14.7 Å². The second-order valence-electron chi connectivity index (χ2n) is 10.3. The number of hydrogen-bond donors (Lipinski definition) is 1. The molecule has 1 aliphatic carbocycles. The second-order valence-corrected chi connectivity index (χ2v) is 10.3. The highest BCUT2D eigenvalue weighted by Gasteiger charge is 2.63. The number of carbonyl (C=O) groups is 1. The molecule has 1 amide bonds. The van der Waals surface area contributed by atoms with Gasteiger partial charge in [-0.2, -0.15) is 0 Å². The number of benzene rings is 1. The Hall–Kier alpha value is -1.68. The molecular weight excluding hydrogens is 358 g/mol. The van der Waals surface area contributed by atoms with Gasteiger partial charge in [0.1, 0.15) is 5.54 Å². The lowest BCUT2D eigenvalue weighted by Crippen LogP contribution is -2.64. The number of nitrogens with one attached hydrogen (secondary N) is 1. The van der Waals surface area contributed by atoms with Crippen molar-refractivity contribution in [2.45, 2.75) is 58.5 Å². The molecule has 3 heterocycles. The van der Waals surface area contributed by atoms with Gasteiger partial charge in [-0.1, -0.05) is 58.0 Å². The summed E-state index contributed by atoms with van der Waals surface area (Å²) in [5.41, 5.74) is 0.727. The van der Waals surface area contributed by atoms with Crippen LogP contribution in [0.15, 0.2) is 35.3 Å². The van der Waals surface area contributed by atoms with Crippen LogP contribution in [0, 0.1) is 29.6 Å². The summed E-state index contributed by atoms with van der Waals surface area (Å²) in [7, 11) is 0. The van der Waals surface area contributed by atoms with Crippen molar-refractivity contribution in [2.75, 3.05) is 19.6 Å². The van der Waals surface area contributed by atoms with Crippen LogP contribution in [0.4, 0.5) is 0 Å². The third-order valence-corrected chi connectivity index (χ3v) is 7.26. The molecule has 5 atom stereocenters. The quantitative estimate of drug-likeness (QED) is 0.727. The van der Waals surface area contributed by atoms with Crippen LogP contribution >= 0.6 is 0 Å². The monoisotopic (exact) mass is 395 g/mol. The average molecular weight is 396 g/mol. The zero-order valence-electron chi connectivity index (χ0n) is 18.5. The minimum Gasteiger partial charge on any atom is -0.354 e. The number of hydrogen-bond acceptors (Lipinski definition) is 3. The van der Waals surface area contributed by atoms with Crippen molar-refractivity contribution in [1.29, 1.82) is 0 Å². The van der Waals surface area contributed by atoms with E-state index in [-0.39, 0.29) is 11.8 Å². The van der Waals surface area contributed by atoms with E-state index in [9.17, 15) is 4.79 Å². The number of carbonyl (C=O) groups excluding carboxylic acids is 1. The Morgan fingerprint density at radius 3 is 2.66 bits per heavy atom. The fourth-order valence-electron chi connectivity index (χ4n) is 5.79. The first kappa shape index (κ1) is 20.6. The van der Waals surface area contributed by atoms with E-state index >= 15 is 0 Å². The molecule has 0 spiro atoms. The molecule has 29 heavy (non-hydrogen) atoms. The summed E-state index contributed by atoms with van der Waals surface area (Å²) in [6, 6.07) is 11.1. The van der Waals surface area contributed by atoms with E-state index in [0.717, 1.165) is 32.5 Å². The average Bonchev–Trinajstić information content (AvgIpc) is 3.01. The number of rotatable bonds is 8. The first-order valence-corrected chi connectivity index (χ1v) is 11.5. The second kappa shape index (κ2) is 8.22. The van der Waals surface area contributed by atoms with Crippen LogP contribution in [-0.2, 0) is 11.2 Å². The molecule has 5 unspecified atom stereocenters. The Labute approximate surface area is 176 Å². The molecule has 158 valence electrons. The Kier molecular flexibility index (Phi) is 5.83. The number of amides is 1. The number of likely N-dealkylation sites (tertiary alicyclic amines) is 1. The lowest BCUT2D eigenvalue weighted by Gasteiger charge is -2.51. The van der Waals surface area contributed by atoms with E-state index in [1.165, 1.54) is 12.0 Å². The van der Waals surface area contributed by atoms with Gasteiger partial charge in [-0.05, 0) is 49.1 Å². The van der Waals surface area contributed by atoms with Gasteiger partial charge >= 0.3 is 0 Å². The fraction of sp³-hybridized carbons (Fsp3) is 0.680. The molecule has 4 heteroatoms. The Bertz CT molecular complexity index is 744. The lowest BCUT2D eigenvalue weighted by molar-refractivity contribution is -0.132. The van der Waals surface area contributed by atoms with Gasteiger partial charge in [-0.25, -0.2) is 0 Å². The number of nitrogens with zero attached hydrogens (tertiary/aromatic N) is 2. The van der Waals surface area contributed by atoms with Crippen LogP contribution in [0.5, 0.6) is 0 Å². The van der Waals surface area contributed by atoms with E-state index in [1.54, 1.807) is 0 Å². The Morgan fingerprint density at radius 2 is 1.97 bits per heavy atom. The van der Waals surface area contributed by atoms with Gasteiger partial charge in [0.15, 0.2) is 0 Å². The molecule has 1 aromatic rings. The normalized spacial score (nSPS) is 33.0. The molecule has 0 aromatic heterocycles. The molecule has 2 fully saturated rings. The maximum atomic E-state index is 13.5. The minimum atomic E-state index is -0.596. The van der Waals surface area contributed by atoms with E-state index in [0.29, 0.717) is 29.7 Å². The molecule has 1 N–H and O–H groups in total. The van der Waals surface area contributed by atoms with Crippen LogP contribution in [0.25, 0.3) is 0 Å². The SMILES string of the molecule is CC(C)CCN1CC2CC3(C(=O)NCC(C)C)N=CC2C1C3Cc1ccccc1. The van der Waals surface area contributed by atoms with Crippen molar-refractivity contribution in [3.05, 3.63) is 35.9 Å². The summed E-state index contributed by atoms with van der Waals surface area (Å²) in [4.78, 5) is 21.2. The topological polar surface area (TPSA) is 44.7 Å². The minimum absolute atomic E-state index is 0.155. The maximum absolute atomic E-state index is 13.5. The molecule has 4 nitrogen and oxygen atoms in total. The van der Waals surface area contributed by atoms with Crippen LogP contribution in [0.2, 0.25) is 0 Å². The molecule has 0 radical (unpaired) electrons. The summed E-state index contributed by atoms with van der Waals surface area (Å²) >= 11 is 0. The van der Waals surface area contributed by atoms with Crippen molar-refractivity contribution in [1.82, 2.24) is 10.2 Å². The molecule has 1 saturated heterocycles. The summed E-state index contributed by atoms with van der Waals surface area (Å²) in [5.74, 6) is 2.64. The highest BCUT2D eigenvalue weighted by atomic mass is 16.2. The standard InChI is InChI=1S/C25H37N3O/c1-17(2)10-11-28-16-20-13-25(24(29)26-14-18(3)4)22(23(28)21(20)15-27-25)12-19-8-6-5-7-9-19/h5-9,15,17-18,20-23H,10-14,16H2,1-4H3,(H,26,29). The van der Waals surface area contributed by atoms with Crippen molar-refractivity contribution in [3.8, 4) is 0 Å². The Balaban J connectivity index is 1.65. The molecule has 4 aliphatic rings. The molecule has 5 rings (SSSR count). The van der Waals surface area contributed by atoms with E-state index in [1.807, 2.05) is 0 Å². The molecule has 1 saturated carbocycles. The van der Waals surface area contributed by atoms with Crippen molar-refractivity contribution >= 4 is 12.1 Å². The van der Waals surface area contributed by atoms with E-state index < -0.39 is 5.54 Å². The molecular formula is C25H37N3O. The summed E-state index contributed by atoms with van der Waals surface area (Å²) in [5, 5.41) is 3.25. The van der Waals surface area contributed by atoms with Gasteiger partial charge in [-0.15, -0.1) is 0 Å². The first-order valence-electron chi connectivity index (χ1n) is 11.5. The largest absolute Gasteiger partial charge is 0.354 e. The summed E-state index contributed by atoms with van der Waals surface area (Å²) in [6.45, 7) is 11.9. The maximum Gasteiger partial charge on any atom is 0.248 e. The predicted molar refractivity (Wildman–Crippen MR) is 119 cm³/mol. The molecule has 3 aliphatic heterocycles. The smallest absolute Gasteiger partial charge is 0.248 e. The van der Waals surface area contributed by atoms with Gasteiger partial charge < -0.3 is 5.32 Å².